The third-order valence-corrected chi connectivity index (χ3v) is 4.16. The van der Waals surface area contributed by atoms with Crippen molar-refractivity contribution >= 4 is 28.3 Å². The highest BCUT2D eigenvalue weighted by Gasteiger charge is 2.15. The highest BCUT2D eigenvalue weighted by Crippen LogP contribution is 2.17. The zero-order valence-corrected chi connectivity index (χ0v) is 15.2. The van der Waals surface area contributed by atoms with Crippen LogP contribution in [0.15, 0.2) is 44.9 Å². The van der Waals surface area contributed by atoms with Gasteiger partial charge in [0.05, 0.1) is 18.7 Å². The molecule has 0 saturated carbocycles. The summed E-state index contributed by atoms with van der Waals surface area (Å²) in [5, 5.41) is 8.57. The van der Waals surface area contributed by atoms with E-state index in [1.54, 1.807) is 36.6 Å². The quantitative estimate of drug-likeness (QED) is 0.612. The minimum Gasteiger partial charge on any atom is -0.466 e. The maximum atomic E-state index is 12.1. The molecule has 27 heavy (non-hydrogen) atoms. The first-order chi connectivity index (χ1) is 13.0. The lowest BCUT2D eigenvalue weighted by Gasteiger charge is -2.00. The molecule has 10 heteroatoms. The molecule has 3 rings (SSSR count). The number of amides is 1. The lowest BCUT2D eigenvalue weighted by atomic mass is 10.2. The summed E-state index contributed by atoms with van der Waals surface area (Å²) in [5.74, 6) is -1.46. The highest BCUT2D eigenvalue weighted by molar-refractivity contribution is 7.13. The molecule has 0 fully saturated rings. The molecule has 0 aliphatic heterocycles. The molecule has 2 aromatic heterocycles. The maximum Gasteiger partial charge on any atom is 0.437 e. The van der Waals surface area contributed by atoms with Gasteiger partial charge in [0, 0.05) is 10.9 Å². The second-order valence-electron chi connectivity index (χ2n) is 5.37. The number of nitrogens with zero attached hydrogens (tertiary/aromatic N) is 3. The summed E-state index contributed by atoms with van der Waals surface area (Å²) in [6.07, 6.45) is 0.0311. The van der Waals surface area contributed by atoms with Crippen LogP contribution in [0.2, 0.25) is 0 Å². The molecule has 0 aliphatic carbocycles. The standard InChI is InChI=1S/C17H16N4O5S/c1-2-25-14(23)8-12-10-27-16(18-12)19-13(22)9-21-17(24)26-15(20-21)11-6-4-3-5-7-11/h3-7,10H,2,8-9H2,1H3,(H,18,19,22). The fourth-order valence-corrected chi connectivity index (χ4v) is 2.93. The Morgan fingerprint density at radius 2 is 2.07 bits per heavy atom. The van der Waals surface area contributed by atoms with E-state index in [1.165, 1.54) is 11.3 Å². The number of benzene rings is 1. The van der Waals surface area contributed by atoms with Crippen molar-refractivity contribution in [1.29, 1.82) is 0 Å². The number of thiazole rings is 1. The Balaban J connectivity index is 1.62. The Labute approximate surface area is 157 Å². The van der Waals surface area contributed by atoms with Crippen LogP contribution < -0.4 is 11.1 Å². The van der Waals surface area contributed by atoms with Crippen LogP contribution in [0.5, 0.6) is 0 Å². The first-order valence-electron chi connectivity index (χ1n) is 8.08. The van der Waals surface area contributed by atoms with E-state index in [9.17, 15) is 14.4 Å². The number of hydrogen-bond donors (Lipinski definition) is 1. The van der Waals surface area contributed by atoms with Crippen LogP contribution in [0.4, 0.5) is 5.13 Å². The molecule has 0 unspecified atom stereocenters. The number of aromatic nitrogens is 3. The van der Waals surface area contributed by atoms with E-state index in [4.69, 9.17) is 9.15 Å². The first-order valence-corrected chi connectivity index (χ1v) is 8.96. The maximum absolute atomic E-state index is 12.1. The van der Waals surface area contributed by atoms with Gasteiger partial charge in [-0.25, -0.2) is 9.78 Å². The van der Waals surface area contributed by atoms with Gasteiger partial charge < -0.3 is 14.5 Å². The van der Waals surface area contributed by atoms with Crippen LogP contribution in [0.1, 0.15) is 12.6 Å². The third kappa shape index (κ3) is 4.88. The lowest BCUT2D eigenvalue weighted by Crippen LogP contribution is -2.25. The number of anilines is 1. The Morgan fingerprint density at radius 1 is 1.30 bits per heavy atom. The van der Waals surface area contributed by atoms with Crippen molar-refractivity contribution < 1.29 is 18.7 Å². The van der Waals surface area contributed by atoms with Crippen LogP contribution in [0.3, 0.4) is 0 Å². The van der Waals surface area contributed by atoms with Crippen LogP contribution in [-0.4, -0.2) is 33.2 Å². The van der Waals surface area contributed by atoms with E-state index in [0.717, 1.165) is 4.68 Å². The summed E-state index contributed by atoms with van der Waals surface area (Å²) in [5.41, 5.74) is 1.14. The van der Waals surface area contributed by atoms with E-state index in [-0.39, 0.29) is 24.8 Å². The third-order valence-electron chi connectivity index (χ3n) is 3.35. The molecule has 0 aliphatic rings. The predicted molar refractivity (Wildman–Crippen MR) is 97.3 cm³/mol. The van der Waals surface area contributed by atoms with Gasteiger partial charge in [0.2, 0.25) is 11.8 Å². The van der Waals surface area contributed by atoms with Crippen molar-refractivity contribution in [3.8, 4) is 11.5 Å². The molecule has 140 valence electrons. The summed E-state index contributed by atoms with van der Waals surface area (Å²) in [6.45, 7) is 1.70. The molecule has 0 spiro atoms. The monoisotopic (exact) mass is 388 g/mol. The van der Waals surface area contributed by atoms with Crippen molar-refractivity contribution in [3.05, 3.63) is 52.0 Å². The van der Waals surface area contributed by atoms with Gasteiger partial charge in [-0.2, -0.15) is 4.68 Å². The molecule has 1 aromatic carbocycles. The number of rotatable bonds is 7. The Hall–Kier alpha value is -3.27. The molecule has 9 nitrogen and oxygen atoms in total. The molecule has 0 atom stereocenters. The second-order valence-corrected chi connectivity index (χ2v) is 6.23. The first kappa shape index (κ1) is 18.5. The van der Waals surface area contributed by atoms with Gasteiger partial charge in [-0.05, 0) is 19.1 Å². The van der Waals surface area contributed by atoms with Crippen LogP contribution in [0.25, 0.3) is 11.5 Å². The van der Waals surface area contributed by atoms with E-state index in [1.807, 2.05) is 6.07 Å². The molecule has 1 amide bonds. The number of nitrogens with one attached hydrogen (secondary N) is 1. The fourth-order valence-electron chi connectivity index (χ4n) is 2.20. The van der Waals surface area contributed by atoms with Gasteiger partial charge in [-0.1, -0.05) is 18.2 Å². The topological polar surface area (TPSA) is 116 Å². The number of ether oxygens (including phenoxy) is 1. The molecular formula is C17H16N4O5S. The molecule has 0 saturated heterocycles. The molecule has 2 heterocycles. The van der Waals surface area contributed by atoms with E-state index >= 15 is 0 Å². The summed E-state index contributed by atoms with van der Waals surface area (Å²) in [7, 11) is 0. The SMILES string of the molecule is CCOC(=O)Cc1csc(NC(=O)Cn2nc(-c3ccccc3)oc2=O)n1. The molecule has 0 bridgehead atoms. The van der Waals surface area contributed by atoms with E-state index in [0.29, 0.717) is 23.0 Å². The van der Waals surface area contributed by atoms with Crippen molar-refractivity contribution in [2.75, 3.05) is 11.9 Å². The van der Waals surface area contributed by atoms with E-state index < -0.39 is 11.7 Å². The predicted octanol–water partition coefficient (Wildman–Crippen LogP) is 1.70. The van der Waals surface area contributed by atoms with Gasteiger partial charge in [0.25, 0.3) is 0 Å². The van der Waals surface area contributed by atoms with Gasteiger partial charge in [-0.3, -0.25) is 9.59 Å². The zero-order valence-electron chi connectivity index (χ0n) is 14.4. The molecule has 3 aromatic rings. The number of hydrogen-bond acceptors (Lipinski definition) is 8. The number of carbonyl (C=O) groups is 2. The minimum atomic E-state index is -0.730. The lowest BCUT2D eigenvalue weighted by molar-refractivity contribution is -0.142. The molecule has 0 radical (unpaired) electrons. The van der Waals surface area contributed by atoms with E-state index in [2.05, 4.69) is 15.4 Å². The normalized spacial score (nSPS) is 10.6. The fraction of sp³-hybridized carbons (Fsp3) is 0.235. The Kier molecular flexibility index (Phi) is 5.77. The van der Waals surface area contributed by atoms with Gasteiger partial charge in [0.1, 0.15) is 6.54 Å². The van der Waals surface area contributed by atoms with Gasteiger partial charge >= 0.3 is 11.7 Å². The smallest absolute Gasteiger partial charge is 0.437 e. The molecular weight excluding hydrogens is 372 g/mol. The Morgan fingerprint density at radius 3 is 2.81 bits per heavy atom. The highest BCUT2D eigenvalue weighted by atomic mass is 32.1. The van der Waals surface area contributed by atoms with Crippen LogP contribution in [0, 0.1) is 0 Å². The van der Waals surface area contributed by atoms with Crippen molar-refractivity contribution in [3.63, 3.8) is 0 Å². The van der Waals surface area contributed by atoms with Crippen molar-refractivity contribution in [1.82, 2.24) is 14.8 Å². The average Bonchev–Trinajstić information content (AvgIpc) is 3.22. The van der Waals surface area contributed by atoms with Crippen LogP contribution in [-0.2, 0) is 27.3 Å². The number of esters is 1. The zero-order chi connectivity index (χ0) is 19.2. The second kappa shape index (κ2) is 8.41. The summed E-state index contributed by atoms with van der Waals surface area (Å²) in [6, 6.07) is 8.90. The van der Waals surface area contributed by atoms with Crippen molar-refractivity contribution in [2.45, 2.75) is 19.9 Å². The van der Waals surface area contributed by atoms with Gasteiger partial charge in [0.15, 0.2) is 5.13 Å². The summed E-state index contributed by atoms with van der Waals surface area (Å²) < 4.78 is 10.9. The summed E-state index contributed by atoms with van der Waals surface area (Å²) in [4.78, 5) is 39.6. The van der Waals surface area contributed by atoms with Crippen LogP contribution >= 0.6 is 11.3 Å². The summed E-state index contributed by atoms with van der Waals surface area (Å²) >= 11 is 1.17. The molecule has 1 N–H and O–H groups in total. The largest absolute Gasteiger partial charge is 0.466 e. The van der Waals surface area contributed by atoms with Gasteiger partial charge in [-0.15, -0.1) is 16.4 Å². The number of carbonyl (C=O) groups excluding carboxylic acids is 2. The Bertz CT molecular complexity index is 992. The minimum absolute atomic E-state index is 0.0311. The average molecular weight is 388 g/mol. The van der Waals surface area contributed by atoms with Crippen molar-refractivity contribution in [2.24, 2.45) is 0 Å².